The van der Waals surface area contributed by atoms with Gasteiger partial charge in [0.25, 0.3) is 5.89 Å². The second-order valence-electron chi connectivity index (χ2n) is 9.46. The van der Waals surface area contributed by atoms with Crippen LogP contribution >= 0.6 is 0 Å². The Morgan fingerprint density at radius 2 is 1.66 bits per heavy atom. The number of hydrogen-bond donors (Lipinski definition) is 0. The molecule has 0 radical (unpaired) electrons. The molecule has 1 fully saturated rings. The van der Waals surface area contributed by atoms with Crippen molar-refractivity contribution < 1.29 is 4.52 Å². The van der Waals surface area contributed by atoms with E-state index in [0.29, 0.717) is 23.6 Å². The largest absolute Gasteiger partial charge is 0.334 e. The molecule has 1 saturated carbocycles. The Balaban J connectivity index is 1.29. The van der Waals surface area contributed by atoms with Gasteiger partial charge in [-0.1, -0.05) is 11.2 Å². The second-order valence-corrected chi connectivity index (χ2v) is 9.46. The summed E-state index contributed by atoms with van der Waals surface area (Å²) in [6.45, 7) is 6.27. The lowest BCUT2D eigenvalue weighted by atomic mass is 9.77. The number of aryl methyl sites for hydroxylation is 3. The van der Waals surface area contributed by atoms with Crippen LogP contribution in [0.1, 0.15) is 42.5 Å². The molecule has 0 amide bonds. The summed E-state index contributed by atoms with van der Waals surface area (Å²) in [7, 11) is 1.86. The molecular formula is C26H26N8O. The molecule has 0 saturated heterocycles. The number of hydrogen-bond acceptors (Lipinski definition) is 7. The Labute approximate surface area is 202 Å². The molecule has 9 heteroatoms. The Kier molecular flexibility index (Phi) is 4.87. The Morgan fingerprint density at radius 3 is 2.26 bits per heavy atom. The molecular weight excluding hydrogens is 440 g/mol. The smallest absolute Gasteiger partial charge is 0.261 e. The van der Waals surface area contributed by atoms with Crippen molar-refractivity contribution >= 4 is 0 Å². The Hall–Kier alpha value is -4.14. The van der Waals surface area contributed by atoms with Crippen LogP contribution in [0.5, 0.6) is 0 Å². The zero-order chi connectivity index (χ0) is 24.2. The highest BCUT2D eigenvalue weighted by Gasteiger charge is 2.47. The van der Waals surface area contributed by atoms with E-state index >= 15 is 0 Å². The number of aromatic nitrogens is 8. The summed E-state index contributed by atoms with van der Waals surface area (Å²) in [5, 5.41) is 8.57. The third-order valence-corrected chi connectivity index (χ3v) is 7.00. The van der Waals surface area contributed by atoms with Crippen molar-refractivity contribution in [2.24, 2.45) is 13.0 Å². The SMILES string of the molecule is Cc1ccc(C)n1-c1ncc(-c2ccc(C(C)(c3noc(-c4cnn(C)c4)n3)C3CC3)cn2)cn1. The highest BCUT2D eigenvalue weighted by Crippen LogP contribution is 2.50. The van der Waals surface area contributed by atoms with Crippen molar-refractivity contribution in [3.8, 4) is 28.7 Å². The van der Waals surface area contributed by atoms with E-state index in [1.807, 2.05) is 56.3 Å². The first-order valence-corrected chi connectivity index (χ1v) is 11.7. The van der Waals surface area contributed by atoms with Crippen molar-refractivity contribution in [3.63, 3.8) is 0 Å². The van der Waals surface area contributed by atoms with Gasteiger partial charge in [0.15, 0.2) is 5.82 Å². The molecule has 1 aliphatic rings. The van der Waals surface area contributed by atoms with Gasteiger partial charge >= 0.3 is 0 Å². The molecule has 5 aromatic rings. The molecule has 1 unspecified atom stereocenters. The highest BCUT2D eigenvalue weighted by molar-refractivity contribution is 5.58. The summed E-state index contributed by atoms with van der Waals surface area (Å²) in [4.78, 5) is 18.7. The van der Waals surface area contributed by atoms with E-state index in [1.165, 1.54) is 0 Å². The Morgan fingerprint density at radius 1 is 0.914 bits per heavy atom. The minimum absolute atomic E-state index is 0.376. The first kappa shape index (κ1) is 21.4. The molecule has 6 rings (SSSR count). The summed E-state index contributed by atoms with van der Waals surface area (Å²) in [6.07, 6.45) is 11.4. The standard InChI is InChI=1S/C26H26N8O/c1-16-5-6-17(2)34(16)25-28-11-18(12-29-25)22-10-9-21(14-27-22)26(3,20-7-8-20)24-31-23(35-32-24)19-13-30-33(4)15-19/h5-6,9-15,20H,7-8H2,1-4H3. The molecule has 0 bridgehead atoms. The van der Waals surface area contributed by atoms with Crippen LogP contribution in [0.4, 0.5) is 0 Å². The molecule has 5 aromatic heterocycles. The molecule has 176 valence electrons. The third-order valence-electron chi connectivity index (χ3n) is 7.00. The first-order chi connectivity index (χ1) is 16.9. The lowest BCUT2D eigenvalue weighted by molar-refractivity contribution is 0.386. The monoisotopic (exact) mass is 466 g/mol. The van der Waals surface area contributed by atoms with E-state index in [0.717, 1.165) is 46.6 Å². The maximum Gasteiger partial charge on any atom is 0.261 e. The van der Waals surface area contributed by atoms with E-state index in [2.05, 4.69) is 45.3 Å². The fourth-order valence-corrected chi connectivity index (χ4v) is 4.72. The van der Waals surface area contributed by atoms with Crippen molar-refractivity contribution in [1.29, 1.82) is 0 Å². The lowest BCUT2D eigenvalue weighted by Gasteiger charge is -2.26. The minimum atomic E-state index is -0.376. The minimum Gasteiger partial charge on any atom is -0.334 e. The number of pyridine rings is 1. The maximum absolute atomic E-state index is 5.61. The molecule has 0 N–H and O–H groups in total. The average molecular weight is 467 g/mol. The summed E-state index contributed by atoms with van der Waals surface area (Å²) in [5.41, 5.74) is 5.40. The van der Waals surface area contributed by atoms with E-state index in [4.69, 9.17) is 14.5 Å². The van der Waals surface area contributed by atoms with Gasteiger partial charge in [0.2, 0.25) is 5.95 Å². The summed E-state index contributed by atoms with van der Waals surface area (Å²) in [5.74, 6) is 2.27. The summed E-state index contributed by atoms with van der Waals surface area (Å²) >= 11 is 0. The second kappa shape index (κ2) is 7.97. The molecule has 0 aliphatic heterocycles. The fourth-order valence-electron chi connectivity index (χ4n) is 4.72. The Bertz CT molecular complexity index is 1470. The van der Waals surface area contributed by atoms with Gasteiger partial charge in [-0.05, 0) is 63.3 Å². The fraction of sp³-hybridized carbons (Fsp3) is 0.308. The van der Waals surface area contributed by atoms with Gasteiger partial charge < -0.3 is 4.52 Å². The molecule has 1 atom stereocenters. The van der Waals surface area contributed by atoms with Gasteiger partial charge in [-0.3, -0.25) is 14.2 Å². The van der Waals surface area contributed by atoms with E-state index in [9.17, 15) is 0 Å². The van der Waals surface area contributed by atoms with Crippen LogP contribution in [0.25, 0.3) is 28.7 Å². The van der Waals surface area contributed by atoms with E-state index < -0.39 is 0 Å². The van der Waals surface area contributed by atoms with Gasteiger partial charge in [-0.25, -0.2) is 9.97 Å². The highest BCUT2D eigenvalue weighted by atomic mass is 16.5. The van der Waals surface area contributed by atoms with Crippen molar-refractivity contribution in [1.82, 2.24) is 39.4 Å². The van der Waals surface area contributed by atoms with Gasteiger partial charge in [-0.15, -0.1) is 0 Å². The van der Waals surface area contributed by atoms with Gasteiger partial charge in [0, 0.05) is 48.8 Å². The zero-order valence-electron chi connectivity index (χ0n) is 20.2. The molecule has 0 spiro atoms. The van der Waals surface area contributed by atoms with Crippen LogP contribution in [0, 0.1) is 19.8 Å². The zero-order valence-corrected chi connectivity index (χ0v) is 20.2. The molecule has 9 nitrogen and oxygen atoms in total. The van der Waals surface area contributed by atoms with Crippen LogP contribution in [-0.2, 0) is 12.5 Å². The van der Waals surface area contributed by atoms with Crippen LogP contribution in [0.15, 0.2) is 59.8 Å². The molecule has 0 aromatic carbocycles. The van der Waals surface area contributed by atoms with Crippen molar-refractivity contribution in [2.45, 2.75) is 39.0 Å². The van der Waals surface area contributed by atoms with E-state index in [-0.39, 0.29) is 5.41 Å². The van der Waals surface area contributed by atoms with Crippen LogP contribution in [0.3, 0.4) is 0 Å². The first-order valence-electron chi connectivity index (χ1n) is 11.7. The van der Waals surface area contributed by atoms with Gasteiger partial charge in [0.05, 0.1) is 22.9 Å². The number of rotatable bonds is 6. The lowest BCUT2D eigenvalue weighted by Crippen LogP contribution is -2.28. The predicted molar refractivity (Wildman–Crippen MR) is 130 cm³/mol. The third kappa shape index (κ3) is 3.63. The topological polar surface area (TPSA) is 100 Å². The normalized spacial score (nSPS) is 15.3. The van der Waals surface area contributed by atoms with Crippen molar-refractivity contribution in [3.05, 3.63) is 78.0 Å². The maximum atomic E-state index is 5.61. The van der Waals surface area contributed by atoms with Gasteiger partial charge in [0.1, 0.15) is 0 Å². The summed E-state index contributed by atoms with van der Waals surface area (Å²) < 4.78 is 9.36. The van der Waals surface area contributed by atoms with Crippen molar-refractivity contribution in [2.75, 3.05) is 0 Å². The molecule has 1 aliphatic carbocycles. The number of nitrogens with zero attached hydrogens (tertiary/aromatic N) is 8. The molecule has 5 heterocycles. The van der Waals surface area contributed by atoms with Gasteiger partial charge in [-0.2, -0.15) is 10.1 Å². The van der Waals surface area contributed by atoms with Crippen LogP contribution in [0.2, 0.25) is 0 Å². The summed E-state index contributed by atoms with van der Waals surface area (Å²) in [6, 6.07) is 8.25. The predicted octanol–water partition coefficient (Wildman–Crippen LogP) is 4.45. The van der Waals surface area contributed by atoms with Crippen LogP contribution < -0.4 is 0 Å². The van der Waals surface area contributed by atoms with Crippen LogP contribution in [-0.4, -0.2) is 39.4 Å². The molecule has 35 heavy (non-hydrogen) atoms. The quantitative estimate of drug-likeness (QED) is 0.364. The van der Waals surface area contributed by atoms with E-state index in [1.54, 1.807) is 10.9 Å². The average Bonchev–Trinajstić information content (AvgIpc) is 3.29.